The monoisotopic (exact) mass is 460 g/mol. The van der Waals surface area contributed by atoms with Crippen molar-refractivity contribution in [2.45, 2.75) is 72.3 Å². The molecule has 34 heavy (non-hydrogen) atoms. The van der Waals surface area contributed by atoms with Crippen molar-refractivity contribution in [3.8, 4) is 5.75 Å². The highest BCUT2D eigenvalue weighted by molar-refractivity contribution is 5.94. The molecule has 3 aromatic carbocycles. The summed E-state index contributed by atoms with van der Waals surface area (Å²) in [5.41, 5.74) is 4.47. The number of ether oxygens (including phenoxy) is 1. The fraction of sp³-hybridized carbons (Fsp3) is 0.367. The standard InChI is InChI=1S/C30H36O4/c1-7-26(28(31)19(4)5)34-27-15-14-24(16-20(27)6)30(8-2,9-3)25-13-12-21-17-23(29(32)33)11-10-22(21)18-25/h10-18,26,31H,7-9H2,1-6H3,(H,32,33). The minimum Gasteiger partial charge on any atom is -0.508 e. The van der Waals surface area contributed by atoms with Gasteiger partial charge in [-0.2, -0.15) is 0 Å². The molecule has 0 saturated heterocycles. The number of carboxylic acid groups (broad SMARTS) is 1. The van der Waals surface area contributed by atoms with Crippen LogP contribution in [0.1, 0.15) is 80.9 Å². The van der Waals surface area contributed by atoms with Gasteiger partial charge in [-0.05, 0) is 91.3 Å². The van der Waals surface area contributed by atoms with Gasteiger partial charge in [0.15, 0.2) is 6.10 Å². The maximum Gasteiger partial charge on any atom is 0.335 e. The van der Waals surface area contributed by atoms with Crippen LogP contribution >= 0.6 is 0 Å². The first-order valence-corrected chi connectivity index (χ1v) is 12.1. The van der Waals surface area contributed by atoms with Crippen LogP contribution in [-0.2, 0) is 5.41 Å². The minimum atomic E-state index is -0.913. The van der Waals surface area contributed by atoms with Gasteiger partial charge in [0.2, 0.25) is 0 Å². The lowest BCUT2D eigenvalue weighted by atomic mass is 9.70. The molecule has 0 bridgehead atoms. The summed E-state index contributed by atoms with van der Waals surface area (Å²) in [6, 6.07) is 18.0. The van der Waals surface area contributed by atoms with Gasteiger partial charge in [0, 0.05) is 5.41 Å². The van der Waals surface area contributed by atoms with Crippen LogP contribution < -0.4 is 4.74 Å². The normalized spacial score (nSPS) is 12.4. The minimum absolute atomic E-state index is 0.171. The topological polar surface area (TPSA) is 66.8 Å². The zero-order valence-corrected chi connectivity index (χ0v) is 21.1. The first-order valence-electron chi connectivity index (χ1n) is 12.1. The maximum atomic E-state index is 11.3. The molecule has 2 N–H and O–H groups in total. The van der Waals surface area contributed by atoms with Crippen molar-refractivity contribution in [2.75, 3.05) is 0 Å². The summed E-state index contributed by atoms with van der Waals surface area (Å²) >= 11 is 0. The van der Waals surface area contributed by atoms with E-state index in [1.165, 1.54) is 11.1 Å². The molecule has 1 atom stereocenters. The van der Waals surface area contributed by atoms with Crippen LogP contribution in [0.4, 0.5) is 0 Å². The second-order valence-corrected chi connectivity index (χ2v) is 9.25. The quantitative estimate of drug-likeness (QED) is 0.318. The second-order valence-electron chi connectivity index (χ2n) is 9.25. The number of carbonyl (C=O) groups is 1. The SMILES string of the molecule is CCC(Oc1ccc(C(CC)(CC)c2ccc3cc(C(=O)O)ccc3c2)cc1C)C(O)=C(C)C. The lowest BCUT2D eigenvalue weighted by Crippen LogP contribution is -2.26. The third-order valence-corrected chi connectivity index (χ3v) is 7.03. The van der Waals surface area contributed by atoms with E-state index >= 15 is 0 Å². The predicted molar refractivity (Wildman–Crippen MR) is 139 cm³/mol. The van der Waals surface area contributed by atoms with Gasteiger partial charge in [-0.15, -0.1) is 0 Å². The van der Waals surface area contributed by atoms with Gasteiger partial charge in [0.05, 0.1) is 5.56 Å². The van der Waals surface area contributed by atoms with Crippen molar-refractivity contribution in [2.24, 2.45) is 0 Å². The largest absolute Gasteiger partial charge is 0.508 e. The van der Waals surface area contributed by atoms with Crippen molar-refractivity contribution in [3.05, 3.63) is 88.2 Å². The molecule has 1 unspecified atom stereocenters. The first-order chi connectivity index (χ1) is 16.2. The van der Waals surface area contributed by atoms with E-state index < -0.39 is 5.97 Å². The van der Waals surface area contributed by atoms with Crippen LogP contribution in [0.5, 0.6) is 5.75 Å². The molecule has 180 valence electrons. The number of aryl methyl sites for hydroxylation is 1. The zero-order valence-electron chi connectivity index (χ0n) is 21.1. The van der Waals surface area contributed by atoms with E-state index in [0.717, 1.165) is 40.5 Å². The number of benzene rings is 3. The molecule has 0 aromatic heterocycles. The molecule has 3 aromatic rings. The molecule has 0 aliphatic heterocycles. The first kappa shape index (κ1) is 25.4. The number of allylic oxidation sites excluding steroid dienone is 1. The molecule has 3 rings (SSSR count). The number of carboxylic acids is 1. The molecule has 0 aliphatic carbocycles. The molecule has 0 fully saturated rings. The van der Waals surface area contributed by atoms with Crippen molar-refractivity contribution in [1.29, 1.82) is 0 Å². The van der Waals surface area contributed by atoms with Crippen molar-refractivity contribution in [1.82, 2.24) is 0 Å². The summed E-state index contributed by atoms with van der Waals surface area (Å²) in [4.78, 5) is 11.3. The van der Waals surface area contributed by atoms with E-state index in [1.807, 2.05) is 39.0 Å². The zero-order chi connectivity index (χ0) is 25.0. The van der Waals surface area contributed by atoms with Crippen molar-refractivity contribution < 1.29 is 19.7 Å². The second kappa shape index (κ2) is 10.3. The Balaban J connectivity index is 2.03. The molecule has 0 saturated carbocycles. The van der Waals surface area contributed by atoms with Gasteiger partial charge < -0.3 is 14.9 Å². The summed E-state index contributed by atoms with van der Waals surface area (Å²) in [6.45, 7) is 12.3. The molecular weight excluding hydrogens is 424 g/mol. The van der Waals surface area contributed by atoms with Crippen LogP contribution in [0, 0.1) is 6.92 Å². The predicted octanol–water partition coefficient (Wildman–Crippen LogP) is 7.96. The summed E-state index contributed by atoms with van der Waals surface area (Å²) < 4.78 is 6.19. The number of rotatable bonds is 9. The van der Waals surface area contributed by atoms with E-state index in [-0.39, 0.29) is 11.5 Å². The summed E-state index contributed by atoms with van der Waals surface area (Å²) in [5.74, 6) is 0.164. The molecule has 0 amide bonds. The number of aromatic carboxylic acids is 1. The summed E-state index contributed by atoms with van der Waals surface area (Å²) in [5, 5.41) is 21.7. The Morgan fingerprint density at radius 2 is 1.47 bits per heavy atom. The van der Waals surface area contributed by atoms with Gasteiger partial charge in [0.25, 0.3) is 0 Å². The average Bonchev–Trinajstić information content (AvgIpc) is 2.83. The number of aliphatic hydroxyl groups is 1. The van der Waals surface area contributed by atoms with E-state index in [0.29, 0.717) is 17.7 Å². The average molecular weight is 461 g/mol. The Bertz CT molecular complexity index is 1210. The van der Waals surface area contributed by atoms with Gasteiger partial charge in [0.1, 0.15) is 11.5 Å². The molecule has 0 radical (unpaired) electrons. The third kappa shape index (κ3) is 4.82. The Morgan fingerprint density at radius 3 is 2.03 bits per heavy atom. The van der Waals surface area contributed by atoms with Crippen LogP contribution in [0.2, 0.25) is 0 Å². The Kier molecular flexibility index (Phi) is 7.71. The van der Waals surface area contributed by atoms with Crippen LogP contribution in [-0.4, -0.2) is 22.3 Å². The Hall–Kier alpha value is -3.27. The van der Waals surface area contributed by atoms with E-state index in [1.54, 1.807) is 12.1 Å². The highest BCUT2D eigenvalue weighted by atomic mass is 16.5. The van der Waals surface area contributed by atoms with E-state index in [2.05, 4.69) is 45.0 Å². The third-order valence-electron chi connectivity index (χ3n) is 7.03. The molecule has 4 heteroatoms. The van der Waals surface area contributed by atoms with Gasteiger partial charge in [-0.25, -0.2) is 4.79 Å². The van der Waals surface area contributed by atoms with Crippen LogP contribution in [0.25, 0.3) is 10.8 Å². The Labute approximate surface area is 202 Å². The van der Waals surface area contributed by atoms with Gasteiger partial charge in [-0.3, -0.25) is 0 Å². The highest BCUT2D eigenvalue weighted by Gasteiger charge is 2.31. The van der Waals surface area contributed by atoms with E-state index in [9.17, 15) is 15.0 Å². The van der Waals surface area contributed by atoms with Gasteiger partial charge >= 0.3 is 5.97 Å². The molecule has 0 heterocycles. The Morgan fingerprint density at radius 1 is 0.882 bits per heavy atom. The molecule has 0 aliphatic rings. The number of fused-ring (bicyclic) bond motifs is 1. The van der Waals surface area contributed by atoms with E-state index in [4.69, 9.17) is 4.74 Å². The van der Waals surface area contributed by atoms with Crippen molar-refractivity contribution >= 4 is 16.7 Å². The number of aliphatic hydroxyl groups excluding tert-OH is 1. The van der Waals surface area contributed by atoms with Gasteiger partial charge in [-0.1, -0.05) is 57.2 Å². The maximum absolute atomic E-state index is 11.3. The molecular formula is C30H36O4. The van der Waals surface area contributed by atoms with Crippen molar-refractivity contribution in [3.63, 3.8) is 0 Å². The lowest BCUT2D eigenvalue weighted by molar-refractivity contribution is 0.0697. The summed E-state index contributed by atoms with van der Waals surface area (Å²) in [7, 11) is 0. The summed E-state index contributed by atoms with van der Waals surface area (Å²) in [6.07, 6.45) is 2.19. The fourth-order valence-corrected chi connectivity index (χ4v) is 4.80. The molecule has 4 nitrogen and oxygen atoms in total. The lowest BCUT2D eigenvalue weighted by Gasteiger charge is -2.34. The highest BCUT2D eigenvalue weighted by Crippen LogP contribution is 2.41. The fourth-order valence-electron chi connectivity index (χ4n) is 4.80. The number of hydrogen-bond donors (Lipinski definition) is 2. The number of hydrogen-bond acceptors (Lipinski definition) is 3. The smallest absolute Gasteiger partial charge is 0.335 e. The van der Waals surface area contributed by atoms with Crippen LogP contribution in [0.3, 0.4) is 0 Å². The van der Waals surface area contributed by atoms with Crippen LogP contribution in [0.15, 0.2) is 65.9 Å². The molecule has 0 spiro atoms.